The van der Waals surface area contributed by atoms with Crippen molar-refractivity contribution < 1.29 is 42.9 Å². The molecule has 0 aliphatic carbocycles. The van der Waals surface area contributed by atoms with Crippen molar-refractivity contribution in [2.75, 3.05) is 47.5 Å². The van der Waals surface area contributed by atoms with E-state index in [-0.39, 0.29) is 32.2 Å². The van der Waals surface area contributed by atoms with E-state index in [0.29, 0.717) is 17.4 Å². The van der Waals surface area contributed by atoms with Gasteiger partial charge in [0.1, 0.15) is 13.2 Å². The third-order valence-corrected chi connectivity index (χ3v) is 13.3. The number of rotatable bonds is 56. The van der Waals surface area contributed by atoms with Gasteiger partial charge in [-0.25, -0.2) is 0 Å². The number of carbonyl (C=O) groups excluding carboxylic acids is 3. The van der Waals surface area contributed by atoms with Crippen molar-refractivity contribution in [3.05, 3.63) is 60.8 Å². The Labute approximate surface area is 450 Å². The molecule has 0 N–H and O–H groups in total. The van der Waals surface area contributed by atoms with Gasteiger partial charge in [0.2, 0.25) is 0 Å². The standard InChI is InChI=1S/C64H115NO8/c1-6-8-10-12-14-16-17-18-19-20-21-22-23-24-25-26-27-28-29-30-31-32-33-34-35-36-37-38-39-40-41-42-43-44-45-47-49-51-53-55-62(67)73-60(59-72-64(63(68)69)70-57-56-65(3,4)5)58-71-61(66)54-52-50-48-46-15-13-11-9-7-2/h8,10,14,16,18-19,21-22,24-25,60,64H,6-7,9,11-13,15,17,20,23,26-59H2,1-5H3/b10-8-,16-14-,19-18-,22-21-,25-24-. The highest BCUT2D eigenvalue weighted by atomic mass is 16.7. The van der Waals surface area contributed by atoms with Crippen LogP contribution in [0.3, 0.4) is 0 Å². The highest BCUT2D eigenvalue weighted by molar-refractivity contribution is 5.70. The summed E-state index contributed by atoms with van der Waals surface area (Å²) in [5.74, 6) is -2.27. The zero-order chi connectivity index (χ0) is 53.4. The maximum Gasteiger partial charge on any atom is 0.306 e. The zero-order valence-corrected chi connectivity index (χ0v) is 48.3. The van der Waals surface area contributed by atoms with Crippen LogP contribution in [0, 0.1) is 0 Å². The summed E-state index contributed by atoms with van der Waals surface area (Å²) in [5, 5.41) is 11.7. The number of carboxylic acid groups (broad SMARTS) is 1. The van der Waals surface area contributed by atoms with Gasteiger partial charge in [-0.05, 0) is 57.8 Å². The summed E-state index contributed by atoms with van der Waals surface area (Å²) < 4.78 is 22.6. The molecule has 0 radical (unpaired) electrons. The molecule has 424 valence electrons. The molecule has 0 aliphatic heterocycles. The lowest BCUT2D eigenvalue weighted by Gasteiger charge is -2.26. The van der Waals surface area contributed by atoms with Crippen LogP contribution in [-0.2, 0) is 33.3 Å². The molecule has 0 aromatic heterocycles. The Kier molecular flexibility index (Phi) is 53.0. The first-order chi connectivity index (χ1) is 35.6. The maximum absolute atomic E-state index is 12.8. The second-order valence-electron chi connectivity index (χ2n) is 21.6. The number of unbranched alkanes of at least 4 members (excludes halogenated alkanes) is 31. The fourth-order valence-corrected chi connectivity index (χ4v) is 8.62. The molecule has 9 nitrogen and oxygen atoms in total. The summed E-state index contributed by atoms with van der Waals surface area (Å²) in [6, 6.07) is 0. The summed E-state index contributed by atoms with van der Waals surface area (Å²) in [6.07, 6.45) is 67.5. The zero-order valence-electron chi connectivity index (χ0n) is 48.3. The maximum atomic E-state index is 12.8. The van der Waals surface area contributed by atoms with Crippen LogP contribution in [0.4, 0.5) is 0 Å². The molecule has 9 heteroatoms. The van der Waals surface area contributed by atoms with Gasteiger partial charge in [0.15, 0.2) is 12.4 Å². The van der Waals surface area contributed by atoms with E-state index in [0.717, 1.165) is 70.6 Å². The molecule has 0 fully saturated rings. The number of carbonyl (C=O) groups is 3. The third kappa shape index (κ3) is 56.6. The monoisotopic (exact) mass is 1030 g/mol. The second kappa shape index (κ2) is 55.2. The molecule has 2 atom stereocenters. The van der Waals surface area contributed by atoms with Gasteiger partial charge in [0, 0.05) is 12.8 Å². The van der Waals surface area contributed by atoms with Crippen molar-refractivity contribution in [3.63, 3.8) is 0 Å². The highest BCUT2D eigenvalue weighted by Crippen LogP contribution is 2.17. The molecule has 0 heterocycles. The number of likely N-dealkylation sites (N-methyl/N-ethyl adjacent to an activating group) is 1. The Hall–Kier alpha value is -3.01. The van der Waals surface area contributed by atoms with Crippen LogP contribution in [0.1, 0.15) is 271 Å². The van der Waals surface area contributed by atoms with E-state index in [1.807, 2.05) is 21.1 Å². The normalized spacial score (nSPS) is 13.2. The van der Waals surface area contributed by atoms with Gasteiger partial charge in [0.25, 0.3) is 0 Å². The number of ether oxygens (including phenoxy) is 4. The minimum absolute atomic E-state index is 0.150. The van der Waals surface area contributed by atoms with Crippen LogP contribution in [0.5, 0.6) is 0 Å². The lowest BCUT2D eigenvalue weighted by Crippen LogP contribution is -2.44. The average molecular weight is 1030 g/mol. The van der Waals surface area contributed by atoms with Crippen LogP contribution in [-0.4, -0.2) is 82.3 Å². The van der Waals surface area contributed by atoms with E-state index in [9.17, 15) is 19.5 Å². The van der Waals surface area contributed by atoms with E-state index in [1.165, 1.54) is 173 Å². The minimum Gasteiger partial charge on any atom is -0.545 e. The summed E-state index contributed by atoms with van der Waals surface area (Å²) in [6.45, 7) is 4.63. The molecule has 0 rings (SSSR count). The Morgan fingerprint density at radius 3 is 1.16 bits per heavy atom. The SMILES string of the molecule is CC/C=C\C/C=C\C/C=C\C/C=C\C/C=C\CCCCCCCCCCCCCCCCCCCCCCCCCC(=O)OC(COC(=O)CCCCCCCCCCC)COC(OCC[N+](C)(C)C)C(=O)[O-]. The van der Waals surface area contributed by atoms with Gasteiger partial charge in [0.05, 0.1) is 40.3 Å². The van der Waals surface area contributed by atoms with E-state index < -0.39 is 24.3 Å². The van der Waals surface area contributed by atoms with E-state index in [2.05, 4.69) is 74.6 Å². The summed E-state index contributed by atoms with van der Waals surface area (Å²) in [4.78, 5) is 37.1. The van der Waals surface area contributed by atoms with Crippen LogP contribution in [0.25, 0.3) is 0 Å². The highest BCUT2D eigenvalue weighted by Gasteiger charge is 2.22. The number of nitrogens with zero attached hydrogens (tertiary/aromatic N) is 1. The number of hydrogen-bond acceptors (Lipinski definition) is 8. The predicted octanol–water partition coefficient (Wildman–Crippen LogP) is 16.7. The summed E-state index contributed by atoms with van der Waals surface area (Å²) in [7, 11) is 5.92. The molecule has 2 unspecified atom stereocenters. The van der Waals surface area contributed by atoms with Gasteiger partial charge in [-0.3, -0.25) is 9.59 Å². The molecule has 73 heavy (non-hydrogen) atoms. The quantitative estimate of drug-likeness (QED) is 0.0195. The smallest absolute Gasteiger partial charge is 0.306 e. The van der Waals surface area contributed by atoms with Crippen molar-refractivity contribution in [2.24, 2.45) is 0 Å². The molecule has 0 aromatic rings. The molecule has 0 saturated heterocycles. The molecule has 0 aliphatic rings. The van der Waals surface area contributed by atoms with Crippen LogP contribution >= 0.6 is 0 Å². The van der Waals surface area contributed by atoms with Crippen LogP contribution in [0.2, 0.25) is 0 Å². The molecule has 0 spiro atoms. The van der Waals surface area contributed by atoms with Crippen molar-refractivity contribution in [2.45, 2.75) is 283 Å². The fourth-order valence-electron chi connectivity index (χ4n) is 8.62. The van der Waals surface area contributed by atoms with Gasteiger partial charge in [-0.1, -0.05) is 261 Å². The van der Waals surface area contributed by atoms with Gasteiger partial charge in [-0.2, -0.15) is 0 Å². The lowest BCUT2D eigenvalue weighted by molar-refractivity contribution is -0.870. The van der Waals surface area contributed by atoms with Crippen molar-refractivity contribution in [3.8, 4) is 0 Å². The Morgan fingerprint density at radius 1 is 0.425 bits per heavy atom. The molecule has 0 saturated carbocycles. The minimum atomic E-state index is -1.62. The van der Waals surface area contributed by atoms with Crippen LogP contribution < -0.4 is 5.11 Å². The second-order valence-corrected chi connectivity index (χ2v) is 21.6. The Morgan fingerprint density at radius 2 is 0.781 bits per heavy atom. The van der Waals surface area contributed by atoms with Gasteiger partial charge >= 0.3 is 11.9 Å². The number of aliphatic carboxylic acids is 1. The van der Waals surface area contributed by atoms with E-state index in [1.54, 1.807) is 0 Å². The molecule has 0 aromatic carbocycles. The summed E-state index contributed by atoms with van der Waals surface area (Å²) >= 11 is 0. The summed E-state index contributed by atoms with van der Waals surface area (Å²) in [5.41, 5.74) is 0. The molecule has 0 amide bonds. The largest absolute Gasteiger partial charge is 0.545 e. The lowest BCUT2D eigenvalue weighted by atomic mass is 10.0. The van der Waals surface area contributed by atoms with Crippen molar-refractivity contribution in [1.29, 1.82) is 0 Å². The van der Waals surface area contributed by atoms with Gasteiger partial charge < -0.3 is 33.3 Å². The van der Waals surface area contributed by atoms with E-state index in [4.69, 9.17) is 18.9 Å². The Balaban J connectivity index is 3.89. The molecular formula is C64H115NO8. The number of carboxylic acids is 1. The van der Waals surface area contributed by atoms with Gasteiger partial charge in [-0.15, -0.1) is 0 Å². The van der Waals surface area contributed by atoms with E-state index >= 15 is 0 Å². The molecule has 0 bridgehead atoms. The third-order valence-electron chi connectivity index (χ3n) is 13.3. The first-order valence-electron chi connectivity index (χ1n) is 30.4. The number of quaternary nitrogens is 1. The first kappa shape index (κ1) is 70.0. The van der Waals surface area contributed by atoms with Crippen LogP contribution in [0.15, 0.2) is 60.8 Å². The van der Waals surface area contributed by atoms with Crippen molar-refractivity contribution in [1.82, 2.24) is 0 Å². The first-order valence-corrected chi connectivity index (χ1v) is 30.4. The average Bonchev–Trinajstić information content (AvgIpc) is 3.36. The van der Waals surface area contributed by atoms with Crippen molar-refractivity contribution >= 4 is 17.9 Å². The topological polar surface area (TPSA) is 111 Å². The predicted molar refractivity (Wildman–Crippen MR) is 306 cm³/mol. The number of hydrogen-bond donors (Lipinski definition) is 0. The fraction of sp³-hybridized carbons (Fsp3) is 0.797. The number of esters is 2. The number of allylic oxidation sites excluding steroid dienone is 10. The molecular weight excluding hydrogens is 911 g/mol. The Bertz CT molecular complexity index is 1380.